The third-order valence-corrected chi connectivity index (χ3v) is 3.38. The number of aliphatic hydroxyl groups excluding tert-OH is 1. The molecule has 1 aliphatic rings. The quantitative estimate of drug-likeness (QED) is 0.844. The maximum atomic E-state index is 10.2. The maximum Gasteiger partial charge on any atom is 0.119 e. The van der Waals surface area contributed by atoms with Crippen LogP contribution in [0.5, 0.6) is 5.75 Å². The number of benzene rings is 1. The third-order valence-electron chi connectivity index (χ3n) is 3.38. The standard InChI is InChI=1S/C14H20O3/c1-11(15)12-5-4-6-13(9-12)17-10-14(16)7-2-3-8-14/h4-6,9,11,15-16H,2-3,7-8,10H2,1H3/t11-/m0/s1. The third kappa shape index (κ3) is 3.20. The van der Waals surface area contributed by atoms with Crippen molar-refractivity contribution in [1.29, 1.82) is 0 Å². The van der Waals surface area contributed by atoms with E-state index in [-0.39, 0.29) is 0 Å². The zero-order chi connectivity index (χ0) is 12.3. The number of hydrogen-bond acceptors (Lipinski definition) is 3. The lowest BCUT2D eigenvalue weighted by molar-refractivity contribution is 0.00135. The second kappa shape index (κ2) is 5.07. The minimum Gasteiger partial charge on any atom is -0.491 e. The topological polar surface area (TPSA) is 49.7 Å². The second-order valence-corrected chi connectivity index (χ2v) is 4.97. The van der Waals surface area contributed by atoms with Gasteiger partial charge in [0.2, 0.25) is 0 Å². The van der Waals surface area contributed by atoms with Gasteiger partial charge < -0.3 is 14.9 Å². The zero-order valence-electron chi connectivity index (χ0n) is 10.2. The van der Waals surface area contributed by atoms with Crippen LogP contribution >= 0.6 is 0 Å². The fraction of sp³-hybridized carbons (Fsp3) is 0.571. The predicted molar refractivity (Wildman–Crippen MR) is 66.0 cm³/mol. The Bertz CT molecular complexity index is 367. The first-order valence-electron chi connectivity index (χ1n) is 6.22. The van der Waals surface area contributed by atoms with Gasteiger partial charge in [0, 0.05) is 0 Å². The zero-order valence-corrected chi connectivity index (χ0v) is 10.2. The van der Waals surface area contributed by atoms with Crippen LogP contribution in [0.4, 0.5) is 0 Å². The summed E-state index contributed by atoms with van der Waals surface area (Å²) in [5.41, 5.74) is 0.182. The molecule has 1 aromatic rings. The number of rotatable bonds is 4. The van der Waals surface area contributed by atoms with Gasteiger partial charge in [-0.05, 0) is 37.5 Å². The van der Waals surface area contributed by atoms with E-state index in [0.717, 1.165) is 31.2 Å². The van der Waals surface area contributed by atoms with Gasteiger partial charge in [0.1, 0.15) is 12.4 Å². The van der Waals surface area contributed by atoms with Crippen LogP contribution in [-0.2, 0) is 0 Å². The number of aliphatic hydroxyl groups is 2. The molecule has 1 atom stereocenters. The van der Waals surface area contributed by atoms with E-state index in [1.807, 2.05) is 24.3 Å². The largest absolute Gasteiger partial charge is 0.491 e. The van der Waals surface area contributed by atoms with Gasteiger partial charge in [-0.2, -0.15) is 0 Å². The molecule has 2 rings (SSSR count). The van der Waals surface area contributed by atoms with Crippen LogP contribution in [0.3, 0.4) is 0 Å². The summed E-state index contributed by atoms with van der Waals surface area (Å²) in [4.78, 5) is 0. The van der Waals surface area contributed by atoms with E-state index in [9.17, 15) is 10.2 Å². The Morgan fingerprint density at radius 2 is 2.06 bits per heavy atom. The Balaban J connectivity index is 1.96. The summed E-state index contributed by atoms with van der Waals surface area (Å²) in [6.07, 6.45) is 3.31. The molecule has 0 aliphatic heterocycles. The van der Waals surface area contributed by atoms with Crippen LogP contribution in [0.15, 0.2) is 24.3 Å². The highest BCUT2D eigenvalue weighted by molar-refractivity contribution is 5.29. The first-order chi connectivity index (χ1) is 8.09. The Morgan fingerprint density at radius 1 is 1.35 bits per heavy atom. The molecule has 1 saturated carbocycles. The van der Waals surface area contributed by atoms with Gasteiger partial charge in [-0.15, -0.1) is 0 Å². The summed E-state index contributed by atoms with van der Waals surface area (Å²) < 4.78 is 5.62. The van der Waals surface area contributed by atoms with E-state index in [1.165, 1.54) is 0 Å². The molecule has 0 heterocycles. The van der Waals surface area contributed by atoms with Gasteiger partial charge in [-0.25, -0.2) is 0 Å². The second-order valence-electron chi connectivity index (χ2n) is 4.97. The van der Waals surface area contributed by atoms with E-state index >= 15 is 0 Å². The molecule has 1 aliphatic carbocycles. The van der Waals surface area contributed by atoms with Crippen molar-refractivity contribution in [2.75, 3.05) is 6.61 Å². The average Bonchev–Trinajstić information content (AvgIpc) is 2.75. The van der Waals surface area contributed by atoms with Gasteiger partial charge in [-0.3, -0.25) is 0 Å². The summed E-state index contributed by atoms with van der Waals surface area (Å²) in [6, 6.07) is 7.39. The van der Waals surface area contributed by atoms with E-state index in [0.29, 0.717) is 12.4 Å². The van der Waals surface area contributed by atoms with Gasteiger partial charge in [0.25, 0.3) is 0 Å². The van der Waals surface area contributed by atoms with Crippen LogP contribution in [0, 0.1) is 0 Å². The normalized spacial score (nSPS) is 20.2. The first kappa shape index (κ1) is 12.4. The Labute approximate surface area is 102 Å². The smallest absolute Gasteiger partial charge is 0.119 e. The maximum absolute atomic E-state index is 10.2. The minimum absolute atomic E-state index is 0.344. The molecule has 0 amide bonds. The molecule has 0 bridgehead atoms. The fourth-order valence-corrected chi connectivity index (χ4v) is 2.26. The fourth-order valence-electron chi connectivity index (χ4n) is 2.26. The van der Waals surface area contributed by atoms with Crippen LogP contribution in [0.25, 0.3) is 0 Å². The summed E-state index contributed by atoms with van der Waals surface area (Å²) in [6.45, 7) is 2.07. The highest BCUT2D eigenvalue weighted by Crippen LogP contribution is 2.30. The molecule has 3 nitrogen and oxygen atoms in total. The molecule has 1 aromatic carbocycles. The van der Waals surface area contributed by atoms with Crippen molar-refractivity contribution in [2.45, 2.75) is 44.3 Å². The molecule has 3 heteroatoms. The number of ether oxygens (including phenoxy) is 1. The summed E-state index contributed by atoms with van der Waals surface area (Å²) >= 11 is 0. The van der Waals surface area contributed by atoms with Gasteiger partial charge in [-0.1, -0.05) is 25.0 Å². The molecule has 0 radical (unpaired) electrons. The lowest BCUT2D eigenvalue weighted by atomic mass is 10.0. The molecule has 0 aromatic heterocycles. The summed E-state index contributed by atoms with van der Waals surface area (Å²) in [5, 5.41) is 19.6. The van der Waals surface area contributed by atoms with Crippen LogP contribution in [-0.4, -0.2) is 22.4 Å². The highest BCUT2D eigenvalue weighted by Gasteiger charge is 2.31. The molecule has 17 heavy (non-hydrogen) atoms. The Morgan fingerprint density at radius 3 is 2.71 bits per heavy atom. The number of hydrogen-bond donors (Lipinski definition) is 2. The molecule has 1 fully saturated rings. The lowest BCUT2D eigenvalue weighted by Crippen LogP contribution is -2.32. The lowest BCUT2D eigenvalue weighted by Gasteiger charge is -2.22. The van der Waals surface area contributed by atoms with Crippen molar-refractivity contribution in [3.05, 3.63) is 29.8 Å². The first-order valence-corrected chi connectivity index (χ1v) is 6.22. The molecule has 0 saturated heterocycles. The monoisotopic (exact) mass is 236 g/mol. The Kier molecular flexibility index (Phi) is 3.69. The van der Waals surface area contributed by atoms with Crippen molar-refractivity contribution in [3.63, 3.8) is 0 Å². The molecular formula is C14H20O3. The van der Waals surface area contributed by atoms with Gasteiger partial charge in [0.05, 0.1) is 11.7 Å². The van der Waals surface area contributed by atoms with E-state index in [2.05, 4.69) is 0 Å². The van der Waals surface area contributed by atoms with Crippen molar-refractivity contribution in [1.82, 2.24) is 0 Å². The van der Waals surface area contributed by atoms with Crippen LogP contribution in [0.2, 0.25) is 0 Å². The molecular weight excluding hydrogens is 216 g/mol. The van der Waals surface area contributed by atoms with Crippen LogP contribution < -0.4 is 4.74 Å². The molecule has 2 N–H and O–H groups in total. The van der Waals surface area contributed by atoms with Crippen molar-refractivity contribution < 1.29 is 14.9 Å². The molecule has 94 valence electrons. The van der Waals surface area contributed by atoms with Crippen molar-refractivity contribution in [2.24, 2.45) is 0 Å². The minimum atomic E-state index is -0.652. The van der Waals surface area contributed by atoms with E-state index < -0.39 is 11.7 Å². The van der Waals surface area contributed by atoms with Crippen molar-refractivity contribution >= 4 is 0 Å². The van der Waals surface area contributed by atoms with Gasteiger partial charge in [0.15, 0.2) is 0 Å². The SMILES string of the molecule is C[C@H](O)c1cccc(OCC2(O)CCCC2)c1. The van der Waals surface area contributed by atoms with E-state index in [4.69, 9.17) is 4.74 Å². The predicted octanol–water partition coefficient (Wildman–Crippen LogP) is 2.42. The van der Waals surface area contributed by atoms with E-state index in [1.54, 1.807) is 6.92 Å². The highest BCUT2D eigenvalue weighted by atomic mass is 16.5. The van der Waals surface area contributed by atoms with Crippen molar-refractivity contribution in [3.8, 4) is 5.75 Å². The summed E-state index contributed by atoms with van der Waals surface area (Å²) in [7, 11) is 0. The average molecular weight is 236 g/mol. The Hall–Kier alpha value is -1.06. The summed E-state index contributed by atoms with van der Waals surface area (Å²) in [5.74, 6) is 0.712. The van der Waals surface area contributed by atoms with Gasteiger partial charge >= 0.3 is 0 Å². The molecule has 0 unspecified atom stereocenters. The van der Waals surface area contributed by atoms with Crippen LogP contribution in [0.1, 0.15) is 44.3 Å². The molecule has 0 spiro atoms.